The average Bonchev–Trinajstić information content (AvgIpc) is 2.31. The van der Waals surface area contributed by atoms with Crippen LogP contribution in [0, 0.1) is 5.92 Å². The first-order chi connectivity index (χ1) is 8.08. The van der Waals surface area contributed by atoms with Crippen molar-refractivity contribution in [1.29, 1.82) is 0 Å². The van der Waals surface area contributed by atoms with Crippen LogP contribution in [0.1, 0.15) is 23.7 Å². The molecule has 0 radical (unpaired) electrons. The Labute approximate surface area is 107 Å². The Balaban J connectivity index is 2.62. The maximum absolute atomic E-state index is 11.9. The Morgan fingerprint density at radius 1 is 1.24 bits per heavy atom. The predicted octanol–water partition coefficient (Wildman–Crippen LogP) is 3.17. The summed E-state index contributed by atoms with van der Waals surface area (Å²) < 4.78 is 10.2. The minimum atomic E-state index is -0.355. The normalized spacial score (nSPS) is 12.8. The molecule has 0 fully saturated rings. The molecule has 1 unspecified atom stereocenters. The van der Waals surface area contributed by atoms with Crippen molar-refractivity contribution in [2.75, 3.05) is 14.2 Å². The van der Waals surface area contributed by atoms with Gasteiger partial charge in [0.2, 0.25) is 0 Å². The first-order valence-electron chi connectivity index (χ1n) is 5.42. The van der Waals surface area contributed by atoms with E-state index in [0.717, 1.165) is 0 Å². The Hall–Kier alpha value is -0.900. The zero-order valence-electron chi connectivity index (χ0n) is 10.3. The molecule has 3 nitrogen and oxygen atoms in total. The van der Waals surface area contributed by atoms with Crippen LogP contribution in [0.4, 0.5) is 0 Å². The molecule has 0 spiro atoms. The summed E-state index contributed by atoms with van der Waals surface area (Å²) in [6.07, 6.45) is 0.0276. The van der Waals surface area contributed by atoms with Crippen LogP contribution >= 0.6 is 11.6 Å². The van der Waals surface area contributed by atoms with Crippen LogP contribution in [0.5, 0.6) is 0 Å². The van der Waals surface area contributed by atoms with E-state index in [9.17, 15) is 4.79 Å². The molecule has 0 aromatic heterocycles. The van der Waals surface area contributed by atoms with Gasteiger partial charge in [0.1, 0.15) is 0 Å². The molecule has 1 atom stereocenters. The van der Waals surface area contributed by atoms with Gasteiger partial charge in [-0.3, -0.25) is 4.79 Å². The smallest absolute Gasteiger partial charge is 0.163 e. The molecular weight excluding hydrogens is 240 g/mol. The van der Waals surface area contributed by atoms with Crippen molar-refractivity contribution in [1.82, 2.24) is 0 Å². The van der Waals surface area contributed by atoms with Gasteiger partial charge in [0, 0.05) is 37.1 Å². The highest BCUT2D eigenvalue weighted by Crippen LogP contribution is 2.17. The van der Waals surface area contributed by atoms with Gasteiger partial charge in [-0.15, -0.1) is 0 Å². The van der Waals surface area contributed by atoms with E-state index in [1.807, 2.05) is 6.92 Å². The van der Waals surface area contributed by atoms with Gasteiger partial charge >= 0.3 is 0 Å². The fourth-order valence-electron chi connectivity index (χ4n) is 1.70. The van der Waals surface area contributed by atoms with Crippen LogP contribution < -0.4 is 0 Å². The van der Waals surface area contributed by atoms with E-state index in [2.05, 4.69) is 0 Å². The van der Waals surface area contributed by atoms with Crippen LogP contribution in [0.15, 0.2) is 24.3 Å². The number of Topliss-reactive ketones (excluding diaryl/α,β-unsaturated/α-hetero) is 1. The van der Waals surface area contributed by atoms with Crippen LogP contribution in [0.25, 0.3) is 0 Å². The molecule has 0 saturated carbocycles. The number of halogens is 1. The summed E-state index contributed by atoms with van der Waals surface area (Å²) in [7, 11) is 3.13. The Morgan fingerprint density at radius 3 is 2.24 bits per heavy atom. The summed E-state index contributed by atoms with van der Waals surface area (Å²) in [5, 5.41) is 0.626. The lowest BCUT2D eigenvalue weighted by Gasteiger charge is -2.20. The van der Waals surface area contributed by atoms with Crippen molar-refractivity contribution in [2.24, 2.45) is 5.92 Å². The third kappa shape index (κ3) is 4.11. The summed E-state index contributed by atoms with van der Waals surface area (Å²) in [5.41, 5.74) is 0.659. The van der Waals surface area contributed by atoms with E-state index >= 15 is 0 Å². The lowest BCUT2D eigenvalue weighted by atomic mass is 9.99. The molecular formula is C13H17ClO3. The quantitative estimate of drug-likeness (QED) is 0.579. The van der Waals surface area contributed by atoms with Crippen molar-refractivity contribution in [3.8, 4) is 0 Å². The lowest BCUT2D eigenvalue weighted by molar-refractivity contribution is -0.132. The van der Waals surface area contributed by atoms with E-state index in [-0.39, 0.29) is 18.0 Å². The number of carbonyl (C=O) groups excluding carboxylic acids is 1. The molecule has 0 saturated heterocycles. The highest BCUT2D eigenvalue weighted by atomic mass is 35.5. The van der Waals surface area contributed by atoms with E-state index < -0.39 is 0 Å². The first-order valence-corrected chi connectivity index (χ1v) is 5.80. The van der Waals surface area contributed by atoms with E-state index in [1.165, 1.54) is 0 Å². The molecule has 0 aliphatic rings. The number of carbonyl (C=O) groups is 1. The number of hydrogen-bond donors (Lipinski definition) is 0. The van der Waals surface area contributed by atoms with E-state index in [4.69, 9.17) is 21.1 Å². The maximum atomic E-state index is 11.9. The molecule has 4 heteroatoms. The molecule has 1 aromatic rings. The minimum Gasteiger partial charge on any atom is -0.356 e. The van der Waals surface area contributed by atoms with Gasteiger partial charge in [0.15, 0.2) is 12.1 Å². The van der Waals surface area contributed by atoms with Gasteiger partial charge in [0.25, 0.3) is 0 Å². The largest absolute Gasteiger partial charge is 0.356 e. The molecule has 0 N–H and O–H groups in total. The van der Waals surface area contributed by atoms with Crippen molar-refractivity contribution in [3.05, 3.63) is 34.9 Å². The molecule has 0 aliphatic carbocycles. The van der Waals surface area contributed by atoms with E-state index in [1.54, 1.807) is 38.5 Å². The predicted molar refractivity (Wildman–Crippen MR) is 67.4 cm³/mol. The molecule has 1 rings (SSSR count). The van der Waals surface area contributed by atoms with Crippen molar-refractivity contribution in [2.45, 2.75) is 19.6 Å². The third-order valence-corrected chi connectivity index (χ3v) is 2.85. The van der Waals surface area contributed by atoms with Crippen molar-refractivity contribution >= 4 is 17.4 Å². The molecule has 0 heterocycles. The number of benzene rings is 1. The molecule has 94 valence electrons. The van der Waals surface area contributed by atoms with Crippen molar-refractivity contribution < 1.29 is 14.3 Å². The molecule has 0 bridgehead atoms. The molecule has 0 amide bonds. The zero-order chi connectivity index (χ0) is 12.8. The molecule has 17 heavy (non-hydrogen) atoms. The van der Waals surface area contributed by atoms with Crippen LogP contribution in [-0.2, 0) is 9.47 Å². The topological polar surface area (TPSA) is 35.5 Å². The summed E-state index contributed by atoms with van der Waals surface area (Å²) in [6.45, 7) is 1.92. The SMILES string of the molecule is COC(OC)C(C)CC(=O)c1ccc(Cl)cc1. The summed E-state index contributed by atoms with van der Waals surface area (Å²) in [4.78, 5) is 11.9. The maximum Gasteiger partial charge on any atom is 0.163 e. The number of hydrogen-bond acceptors (Lipinski definition) is 3. The van der Waals surface area contributed by atoms with Gasteiger partial charge in [0.05, 0.1) is 0 Å². The van der Waals surface area contributed by atoms with E-state index in [0.29, 0.717) is 17.0 Å². The fourth-order valence-corrected chi connectivity index (χ4v) is 1.83. The zero-order valence-corrected chi connectivity index (χ0v) is 11.0. The second-order valence-corrected chi connectivity index (χ2v) is 4.39. The van der Waals surface area contributed by atoms with Crippen molar-refractivity contribution in [3.63, 3.8) is 0 Å². The Bertz CT molecular complexity index is 357. The van der Waals surface area contributed by atoms with Crippen LogP contribution in [0.2, 0.25) is 5.02 Å². The van der Waals surface area contributed by atoms with Crippen LogP contribution in [0.3, 0.4) is 0 Å². The second-order valence-electron chi connectivity index (χ2n) is 3.95. The lowest BCUT2D eigenvalue weighted by Crippen LogP contribution is -2.24. The Morgan fingerprint density at radius 2 is 1.76 bits per heavy atom. The average molecular weight is 257 g/mol. The number of ether oxygens (including phenoxy) is 2. The summed E-state index contributed by atoms with van der Waals surface area (Å²) in [5.74, 6) is 0.0708. The third-order valence-electron chi connectivity index (χ3n) is 2.60. The number of rotatable bonds is 6. The van der Waals surface area contributed by atoms with Gasteiger partial charge in [-0.1, -0.05) is 18.5 Å². The van der Waals surface area contributed by atoms with Gasteiger partial charge in [-0.25, -0.2) is 0 Å². The molecule has 0 aliphatic heterocycles. The molecule has 1 aromatic carbocycles. The van der Waals surface area contributed by atoms with Crippen LogP contribution in [-0.4, -0.2) is 26.3 Å². The minimum absolute atomic E-state index is 0.00757. The second kappa shape index (κ2) is 6.74. The number of ketones is 1. The number of methoxy groups -OCH3 is 2. The van der Waals surface area contributed by atoms with Gasteiger partial charge in [-0.2, -0.15) is 0 Å². The summed E-state index contributed by atoms with van der Waals surface area (Å²) in [6, 6.07) is 6.88. The van der Waals surface area contributed by atoms with Gasteiger partial charge < -0.3 is 9.47 Å². The first kappa shape index (κ1) is 14.2. The summed E-state index contributed by atoms with van der Waals surface area (Å²) >= 11 is 5.77. The highest BCUT2D eigenvalue weighted by Gasteiger charge is 2.19. The highest BCUT2D eigenvalue weighted by molar-refractivity contribution is 6.30. The standard InChI is InChI=1S/C13H17ClO3/c1-9(13(16-2)17-3)8-12(15)10-4-6-11(14)7-5-10/h4-7,9,13H,8H2,1-3H3. The Kier molecular flexibility index (Phi) is 5.62. The fraction of sp³-hybridized carbons (Fsp3) is 0.462. The van der Waals surface area contributed by atoms with Gasteiger partial charge in [-0.05, 0) is 24.3 Å². The monoisotopic (exact) mass is 256 g/mol.